The largest absolute Gasteiger partial charge is 0.497 e. The lowest BCUT2D eigenvalue weighted by Gasteiger charge is -2.38. The first-order valence-electron chi connectivity index (χ1n) is 17.0. The minimum Gasteiger partial charge on any atom is -0.497 e. The Morgan fingerprint density at radius 3 is 2.35 bits per heavy atom. The van der Waals surface area contributed by atoms with Gasteiger partial charge in [0.25, 0.3) is 11.8 Å². The number of methoxy groups -OCH3 is 1. The van der Waals surface area contributed by atoms with Crippen molar-refractivity contribution >= 4 is 39.6 Å². The van der Waals surface area contributed by atoms with Gasteiger partial charge < -0.3 is 19.5 Å². The predicted molar refractivity (Wildman–Crippen MR) is 191 cm³/mol. The molecule has 8 rings (SSSR count). The molecule has 1 spiro atoms. The van der Waals surface area contributed by atoms with E-state index >= 15 is 0 Å². The summed E-state index contributed by atoms with van der Waals surface area (Å²) in [5.41, 5.74) is 4.44. The van der Waals surface area contributed by atoms with Crippen molar-refractivity contribution < 1.29 is 24.2 Å². The highest BCUT2D eigenvalue weighted by Gasteiger charge is 2.65. The fraction of sp³-hybridized carbons (Fsp3) is 0.286. The van der Waals surface area contributed by atoms with Crippen molar-refractivity contribution in [1.82, 2.24) is 0 Å². The molecular formula is C42H40N2O5. The third kappa shape index (κ3) is 4.56. The third-order valence-electron chi connectivity index (χ3n) is 11.2. The lowest BCUT2D eigenvalue weighted by atomic mass is 9.63. The topological polar surface area (TPSA) is 79.3 Å². The van der Waals surface area contributed by atoms with Crippen molar-refractivity contribution in [3.8, 4) is 5.75 Å². The molecule has 1 fully saturated rings. The molecule has 4 atom stereocenters. The first kappa shape index (κ1) is 31.3. The van der Waals surface area contributed by atoms with Crippen LogP contribution in [0.25, 0.3) is 10.8 Å². The van der Waals surface area contributed by atoms with E-state index in [4.69, 9.17) is 9.47 Å². The van der Waals surface area contributed by atoms with Crippen LogP contribution in [0.15, 0.2) is 109 Å². The molecule has 3 heterocycles. The van der Waals surface area contributed by atoms with Crippen molar-refractivity contribution in [3.05, 3.63) is 131 Å². The fourth-order valence-electron chi connectivity index (χ4n) is 8.97. The van der Waals surface area contributed by atoms with Crippen LogP contribution in [0.2, 0.25) is 0 Å². The Labute approximate surface area is 286 Å². The summed E-state index contributed by atoms with van der Waals surface area (Å²) in [7, 11) is 1.66. The number of aliphatic hydroxyl groups excluding tert-OH is 1. The van der Waals surface area contributed by atoms with Crippen molar-refractivity contribution in [3.63, 3.8) is 0 Å². The Hall–Kier alpha value is -4.98. The summed E-state index contributed by atoms with van der Waals surface area (Å²) in [4.78, 5) is 32.3. The lowest BCUT2D eigenvalue weighted by Crippen LogP contribution is -2.45. The summed E-state index contributed by atoms with van der Waals surface area (Å²) in [6, 6.07) is 35.8. The van der Waals surface area contributed by atoms with Crippen molar-refractivity contribution in [2.24, 2.45) is 11.8 Å². The standard InChI is InChI=1S/C42H40N2O5/c1-26-38(41(2,3)29-18-20-31(48-4)21-19-29)36(22-23-45)49-42(26)33-15-5-6-16-34(33)43(40(42)47)25-27-10-7-13-30(24-27)44-35-17-9-12-28-11-8-14-32(37(28)35)39(44)46/h5-21,24,26,36,38,45H,22-23,25H2,1-4H3/t26-,36+,38-,42+/m0/s1. The number of hydrogen-bond acceptors (Lipinski definition) is 5. The quantitative estimate of drug-likeness (QED) is 0.184. The number of benzene rings is 5. The van der Waals surface area contributed by atoms with Gasteiger partial charge in [-0.2, -0.15) is 0 Å². The van der Waals surface area contributed by atoms with Crippen LogP contribution in [0, 0.1) is 11.8 Å². The van der Waals surface area contributed by atoms with Gasteiger partial charge in [0.15, 0.2) is 5.60 Å². The molecule has 7 heteroatoms. The summed E-state index contributed by atoms with van der Waals surface area (Å²) >= 11 is 0. The molecule has 7 nitrogen and oxygen atoms in total. The summed E-state index contributed by atoms with van der Waals surface area (Å²) < 4.78 is 12.4. The van der Waals surface area contributed by atoms with Gasteiger partial charge in [0.2, 0.25) is 0 Å². The zero-order valence-electron chi connectivity index (χ0n) is 28.2. The number of carbonyl (C=O) groups is 2. The van der Waals surface area contributed by atoms with Crippen LogP contribution >= 0.6 is 0 Å². The number of aliphatic hydroxyl groups is 1. The van der Waals surface area contributed by atoms with Gasteiger partial charge in [-0.1, -0.05) is 87.5 Å². The Kier molecular flexibility index (Phi) is 7.39. The summed E-state index contributed by atoms with van der Waals surface area (Å²) in [5, 5.41) is 12.2. The maximum Gasteiger partial charge on any atom is 0.264 e. The normalized spacial score (nSPS) is 22.8. The van der Waals surface area contributed by atoms with Crippen LogP contribution in [0.3, 0.4) is 0 Å². The van der Waals surface area contributed by atoms with E-state index in [9.17, 15) is 14.7 Å². The minimum absolute atomic E-state index is 0.0399. The highest BCUT2D eigenvalue weighted by Crippen LogP contribution is 2.60. The molecule has 0 aliphatic carbocycles. The molecule has 49 heavy (non-hydrogen) atoms. The molecule has 0 radical (unpaired) electrons. The smallest absolute Gasteiger partial charge is 0.264 e. The SMILES string of the molecule is COc1ccc(C(C)(C)[C@@H]2[C@@H](CCO)O[C@]3(C(=O)N(Cc4cccc(N5C(=O)c6cccc7cccc5c67)c4)c4ccccc43)[C@H]2C)cc1. The Morgan fingerprint density at radius 1 is 0.878 bits per heavy atom. The maximum atomic E-state index is 15.0. The summed E-state index contributed by atoms with van der Waals surface area (Å²) in [6.45, 7) is 6.81. The van der Waals surface area contributed by atoms with Gasteiger partial charge in [0.1, 0.15) is 5.75 Å². The first-order chi connectivity index (χ1) is 23.7. The van der Waals surface area contributed by atoms with Gasteiger partial charge in [-0.25, -0.2) is 0 Å². The second-order valence-corrected chi connectivity index (χ2v) is 14.1. The second-order valence-electron chi connectivity index (χ2n) is 14.1. The van der Waals surface area contributed by atoms with Gasteiger partial charge in [0.05, 0.1) is 36.7 Å². The molecule has 3 aliphatic rings. The number of amides is 2. The molecule has 3 aliphatic heterocycles. The van der Waals surface area contributed by atoms with E-state index in [1.165, 1.54) is 0 Å². The van der Waals surface area contributed by atoms with Crippen molar-refractivity contribution in [1.29, 1.82) is 0 Å². The number of nitrogens with zero attached hydrogens (tertiary/aromatic N) is 2. The number of hydrogen-bond donors (Lipinski definition) is 1. The number of carbonyl (C=O) groups excluding carboxylic acids is 2. The first-order valence-corrected chi connectivity index (χ1v) is 17.0. The molecule has 1 N–H and O–H groups in total. The molecule has 0 bridgehead atoms. The van der Waals surface area contributed by atoms with E-state index in [0.717, 1.165) is 50.3 Å². The zero-order valence-corrected chi connectivity index (χ0v) is 28.2. The van der Waals surface area contributed by atoms with Gasteiger partial charge in [0, 0.05) is 35.1 Å². The van der Waals surface area contributed by atoms with E-state index < -0.39 is 5.60 Å². The van der Waals surface area contributed by atoms with Crippen LogP contribution in [0.1, 0.15) is 54.2 Å². The molecule has 1 saturated heterocycles. The molecule has 248 valence electrons. The minimum atomic E-state index is -1.20. The van der Waals surface area contributed by atoms with Crippen LogP contribution in [-0.4, -0.2) is 36.7 Å². The maximum absolute atomic E-state index is 15.0. The van der Waals surface area contributed by atoms with Crippen molar-refractivity contribution in [2.45, 2.75) is 50.9 Å². The van der Waals surface area contributed by atoms with E-state index in [1.54, 1.807) is 12.0 Å². The van der Waals surface area contributed by atoms with Crippen molar-refractivity contribution in [2.75, 3.05) is 23.5 Å². The molecule has 5 aromatic carbocycles. The van der Waals surface area contributed by atoms with Gasteiger partial charge in [-0.15, -0.1) is 0 Å². The molecule has 0 aromatic heterocycles. The van der Waals surface area contributed by atoms with E-state index in [0.29, 0.717) is 18.5 Å². The highest BCUT2D eigenvalue weighted by atomic mass is 16.5. The number of para-hydroxylation sites is 1. The van der Waals surface area contributed by atoms with Crippen LogP contribution < -0.4 is 14.5 Å². The number of rotatable bonds is 8. The van der Waals surface area contributed by atoms with Gasteiger partial charge in [-0.3, -0.25) is 14.5 Å². The van der Waals surface area contributed by atoms with E-state index in [-0.39, 0.29) is 41.8 Å². The molecule has 2 amide bonds. The summed E-state index contributed by atoms with van der Waals surface area (Å²) in [5.74, 6) is 0.358. The highest BCUT2D eigenvalue weighted by molar-refractivity contribution is 6.27. The average Bonchev–Trinajstić information content (AvgIpc) is 3.67. The zero-order chi connectivity index (χ0) is 34.1. The molecule has 5 aromatic rings. The van der Waals surface area contributed by atoms with Crippen LogP contribution in [-0.2, 0) is 27.1 Å². The third-order valence-corrected chi connectivity index (χ3v) is 11.2. The van der Waals surface area contributed by atoms with Gasteiger partial charge >= 0.3 is 0 Å². The number of fused-ring (bicyclic) bond motifs is 2. The van der Waals surface area contributed by atoms with Crippen LogP contribution in [0.5, 0.6) is 5.75 Å². The Morgan fingerprint density at radius 2 is 1.59 bits per heavy atom. The van der Waals surface area contributed by atoms with Gasteiger partial charge in [-0.05, 0) is 70.8 Å². The molecule has 0 unspecified atom stereocenters. The number of anilines is 3. The summed E-state index contributed by atoms with van der Waals surface area (Å²) in [6.07, 6.45) is 0.0789. The number of ether oxygens (including phenoxy) is 2. The monoisotopic (exact) mass is 652 g/mol. The lowest BCUT2D eigenvalue weighted by molar-refractivity contribution is -0.146. The second kappa shape index (κ2) is 11.6. The Bertz CT molecular complexity index is 2100. The average molecular weight is 653 g/mol. The van der Waals surface area contributed by atoms with Crippen LogP contribution in [0.4, 0.5) is 17.1 Å². The Balaban J connectivity index is 1.15. The van der Waals surface area contributed by atoms with E-state index in [2.05, 4.69) is 32.9 Å². The molecule has 0 saturated carbocycles. The molecular weight excluding hydrogens is 612 g/mol. The van der Waals surface area contributed by atoms with E-state index in [1.807, 2.05) is 102 Å². The predicted octanol–water partition coefficient (Wildman–Crippen LogP) is 7.89. The fourth-order valence-corrected chi connectivity index (χ4v) is 8.97.